The first-order valence-electron chi connectivity index (χ1n) is 9.47. The van der Waals surface area contributed by atoms with Gasteiger partial charge in [-0.1, -0.05) is 24.3 Å². The van der Waals surface area contributed by atoms with Gasteiger partial charge in [-0.3, -0.25) is 4.99 Å². The Kier molecular flexibility index (Phi) is 11.3. The van der Waals surface area contributed by atoms with Gasteiger partial charge in [0.15, 0.2) is 17.5 Å². The summed E-state index contributed by atoms with van der Waals surface area (Å²) >= 11 is 0. The third kappa shape index (κ3) is 7.24. The Hall–Kier alpha value is -2.20. The highest BCUT2D eigenvalue weighted by molar-refractivity contribution is 14.0. The molecular formula is C22H33IN4O3. The standard InChI is InChI=1S/C22H32N4O3.HI/c1-23-22(25-14-17-9-7-8-10-18(17)15-26(2)3)24-13-16-11-19(27-4)21(29-6)20(12-16)28-5;/h7-12H,13-15H2,1-6H3,(H2,23,24,25);1H. The molecular weight excluding hydrogens is 495 g/mol. The zero-order valence-electron chi connectivity index (χ0n) is 18.6. The summed E-state index contributed by atoms with van der Waals surface area (Å²) < 4.78 is 16.2. The largest absolute Gasteiger partial charge is 0.493 e. The van der Waals surface area contributed by atoms with E-state index in [1.807, 2.05) is 12.1 Å². The number of hydrogen-bond acceptors (Lipinski definition) is 5. The normalized spacial score (nSPS) is 11.0. The van der Waals surface area contributed by atoms with Crippen LogP contribution >= 0.6 is 24.0 Å². The van der Waals surface area contributed by atoms with Crippen molar-refractivity contribution in [3.05, 3.63) is 53.1 Å². The van der Waals surface area contributed by atoms with Crippen LogP contribution < -0.4 is 24.8 Å². The molecule has 0 heterocycles. The lowest BCUT2D eigenvalue weighted by Gasteiger charge is -2.17. The second-order valence-corrected chi connectivity index (χ2v) is 6.82. The van der Waals surface area contributed by atoms with Crippen molar-refractivity contribution in [1.82, 2.24) is 15.5 Å². The maximum absolute atomic E-state index is 5.42. The van der Waals surface area contributed by atoms with Crippen LogP contribution in [0.15, 0.2) is 41.4 Å². The minimum atomic E-state index is 0. The molecule has 2 aromatic carbocycles. The minimum Gasteiger partial charge on any atom is -0.493 e. The number of halogens is 1. The van der Waals surface area contributed by atoms with Crippen molar-refractivity contribution < 1.29 is 14.2 Å². The molecule has 2 N–H and O–H groups in total. The lowest BCUT2D eigenvalue weighted by molar-refractivity contribution is 0.323. The molecule has 0 aliphatic carbocycles. The molecule has 0 unspecified atom stereocenters. The maximum Gasteiger partial charge on any atom is 0.203 e. The molecule has 0 fully saturated rings. The van der Waals surface area contributed by atoms with Gasteiger partial charge in [-0.25, -0.2) is 0 Å². The second kappa shape index (κ2) is 13.2. The summed E-state index contributed by atoms with van der Waals surface area (Å²) in [5.41, 5.74) is 3.54. The van der Waals surface area contributed by atoms with Crippen LogP contribution in [-0.2, 0) is 19.6 Å². The summed E-state index contributed by atoms with van der Waals surface area (Å²) in [6.07, 6.45) is 0. The molecule has 166 valence electrons. The highest BCUT2D eigenvalue weighted by atomic mass is 127. The Morgan fingerprint density at radius 2 is 1.47 bits per heavy atom. The Balaban J connectivity index is 0.00000450. The van der Waals surface area contributed by atoms with E-state index in [-0.39, 0.29) is 24.0 Å². The molecule has 0 saturated heterocycles. The number of hydrogen-bond donors (Lipinski definition) is 2. The molecule has 2 rings (SSSR count). The second-order valence-electron chi connectivity index (χ2n) is 6.82. The topological polar surface area (TPSA) is 67.4 Å². The van der Waals surface area contributed by atoms with Gasteiger partial charge >= 0.3 is 0 Å². The summed E-state index contributed by atoms with van der Waals surface area (Å²) in [6.45, 7) is 2.16. The summed E-state index contributed by atoms with van der Waals surface area (Å²) in [5, 5.41) is 6.72. The highest BCUT2D eigenvalue weighted by Gasteiger charge is 2.13. The number of rotatable bonds is 9. The maximum atomic E-state index is 5.42. The molecule has 2 aromatic rings. The fraction of sp³-hybridized carbons (Fsp3) is 0.409. The molecule has 30 heavy (non-hydrogen) atoms. The number of methoxy groups -OCH3 is 3. The van der Waals surface area contributed by atoms with Gasteiger partial charge in [0.25, 0.3) is 0 Å². The van der Waals surface area contributed by atoms with Crippen LogP contribution in [0.3, 0.4) is 0 Å². The van der Waals surface area contributed by atoms with Crippen LogP contribution in [0.25, 0.3) is 0 Å². The molecule has 0 bridgehead atoms. The number of benzene rings is 2. The fourth-order valence-corrected chi connectivity index (χ4v) is 3.05. The van der Waals surface area contributed by atoms with Gasteiger partial charge < -0.3 is 29.7 Å². The van der Waals surface area contributed by atoms with Crippen molar-refractivity contribution in [1.29, 1.82) is 0 Å². The Morgan fingerprint density at radius 3 is 1.97 bits per heavy atom. The molecule has 7 nitrogen and oxygen atoms in total. The average molecular weight is 528 g/mol. The highest BCUT2D eigenvalue weighted by Crippen LogP contribution is 2.38. The lowest BCUT2D eigenvalue weighted by Crippen LogP contribution is -2.36. The zero-order valence-corrected chi connectivity index (χ0v) is 20.9. The number of guanidine groups is 1. The molecule has 8 heteroatoms. The summed E-state index contributed by atoms with van der Waals surface area (Å²) in [7, 11) is 10.7. The monoisotopic (exact) mass is 528 g/mol. The molecule has 0 radical (unpaired) electrons. The summed E-state index contributed by atoms with van der Waals surface area (Å²) in [5.74, 6) is 2.56. The van der Waals surface area contributed by atoms with E-state index in [0.717, 1.165) is 18.1 Å². The molecule has 0 amide bonds. The van der Waals surface area contributed by atoms with Gasteiger partial charge in [-0.2, -0.15) is 0 Å². The van der Waals surface area contributed by atoms with E-state index in [9.17, 15) is 0 Å². The van der Waals surface area contributed by atoms with Crippen LogP contribution in [0.2, 0.25) is 0 Å². The third-order valence-corrected chi connectivity index (χ3v) is 4.46. The number of nitrogens with one attached hydrogen (secondary N) is 2. The van der Waals surface area contributed by atoms with E-state index in [4.69, 9.17) is 14.2 Å². The van der Waals surface area contributed by atoms with E-state index in [2.05, 4.69) is 58.9 Å². The van der Waals surface area contributed by atoms with E-state index in [1.54, 1.807) is 28.4 Å². The number of ether oxygens (including phenoxy) is 3. The molecule has 0 aromatic heterocycles. The van der Waals surface area contributed by atoms with Crippen LogP contribution in [0, 0.1) is 0 Å². The Labute approximate surface area is 196 Å². The van der Waals surface area contributed by atoms with Gasteiger partial charge in [0.05, 0.1) is 21.3 Å². The molecule has 0 aliphatic heterocycles. The van der Waals surface area contributed by atoms with Gasteiger partial charge in [0.1, 0.15) is 0 Å². The first-order chi connectivity index (χ1) is 14.0. The van der Waals surface area contributed by atoms with Crippen molar-refractivity contribution in [2.45, 2.75) is 19.6 Å². The average Bonchev–Trinajstić information content (AvgIpc) is 2.73. The van der Waals surface area contributed by atoms with E-state index in [0.29, 0.717) is 30.3 Å². The van der Waals surface area contributed by atoms with Crippen molar-refractivity contribution in [2.75, 3.05) is 42.5 Å². The Bertz CT molecular complexity index is 803. The Morgan fingerprint density at radius 1 is 0.900 bits per heavy atom. The van der Waals surface area contributed by atoms with Gasteiger partial charge in [0, 0.05) is 26.7 Å². The molecule has 0 saturated carbocycles. The van der Waals surface area contributed by atoms with Crippen LogP contribution in [0.1, 0.15) is 16.7 Å². The van der Waals surface area contributed by atoms with E-state index in [1.165, 1.54) is 11.1 Å². The minimum absolute atomic E-state index is 0. The molecule has 0 aliphatic rings. The van der Waals surface area contributed by atoms with Crippen molar-refractivity contribution in [3.8, 4) is 17.2 Å². The third-order valence-electron chi connectivity index (χ3n) is 4.46. The van der Waals surface area contributed by atoms with Crippen LogP contribution in [0.4, 0.5) is 0 Å². The fourth-order valence-electron chi connectivity index (χ4n) is 3.05. The zero-order chi connectivity index (χ0) is 21.2. The van der Waals surface area contributed by atoms with E-state index >= 15 is 0 Å². The predicted molar refractivity (Wildman–Crippen MR) is 132 cm³/mol. The number of nitrogens with zero attached hydrogens (tertiary/aromatic N) is 2. The van der Waals surface area contributed by atoms with Crippen LogP contribution in [0.5, 0.6) is 17.2 Å². The lowest BCUT2D eigenvalue weighted by atomic mass is 10.1. The predicted octanol–water partition coefficient (Wildman–Crippen LogP) is 3.26. The first kappa shape index (κ1) is 25.8. The van der Waals surface area contributed by atoms with Gasteiger partial charge in [0.2, 0.25) is 5.75 Å². The smallest absolute Gasteiger partial charge is 0.203 e. The molecule has 0 spiro atoms. The number of aliphatic imine (C=N–C) groups is 1. The van der Waals surface area contributed by atoms with Gasteiger partial charge in [-0.15, -0.1) is 24.0 Å². The van der Waals surface area contributed by atoms with Crippen molar-refractivity contribution >= 4 is 29.9 Å². The SMILES string of the molecule is CN=C(NCc1cc(OC)c(OC)c(OC)c1)NCc1ccccc1CN(C)C.I. The summed E-state index contributed by atoms with van der Waals surface area (Å²) in [4.78, 5) is 6.49. The van der Waals surface area contributed by atoms with Crippen molar-refractivity contribution in [3.63, 3.8) is 0 Å². The van der Waals surface area contributed by atoms with Crippen molar-refractivity contribution in [2.24, 2.45) is 4.99 Å². The quantitative estimate of drug-likeness (QED) is 0.296. The molecule has 0 atom stereocenters. The first-order valence-corrected chi connectivity index (χ1v) is 9.47. The summed E-state index contributed by atoms with van der Waals surface area (Å²) in [6, 6.07) is 12.3. The van der Waals surface area contributed by atoms with Crippen LogP contribution in [-0.4, -0.2) is 53.3 Å². The van der Waals surface area contributed by atoms with Gasteiger partial charge in [-0.05, 0) is 42.9 Å². The van der Waals surface area contributed by atoms with E-state index < -0.39 is 0 Å².